The van der Waals surface area contributed by atoms with Crippen molar-refractivity contribution in [3.05, 3.63) is 0 Å². The lowest BCUT2D eigenvalue weighted by atomic mass is 9.88. The van der Waals surface area contributed by atoms with Crippen LogP contribution in [0.4, 0.5) is 0 Å². The maximum atomic E-state index is 10.6. The average Bonchev–Trinajstić information content (AvgIpc) is 2.93. The summed E-state index contributed by atoms with van der Waals surface area (Å²) in [5.74, 6) is -0.690. The molecule has 5 nitrogen and oxygen atoms in total. The van der Waals surface area contributed by atoms with E-state index in [1.54, 1.807) is 0 Å². The topological polar surface area (TPSA) is 53.0 Å². The van der Waals surface area contributed by atoms with E-state index in [-0.39, 0.29) is 12.0 Å². The lowest BCUT2D eigenvalue weighted by Gasteiger charge is -2.45. The van der Waals surface area contributed by atoms with Crippen LogP contribution in [-0.2, 0) is 9.53 Å². The summed E-state index contributed by atoms with van der Waals surface area (Å²) in [5.41, 5.74) is 0.198. The zero-order valence-corrected chi connectivity index (χ0v) is 12.9. The first-order valence-electron chi connectivity index (χ1n) is 8.49. The first-order chi connectivity index (χ1) is 10.2. The number of aliphatic carboxylic acids is 1. The molecule has 3 rings (SSSR count). The van der Waals surface area contributed by atoms with Crippen LogP contribution >= 0.6 is 0 Å². The fourth-order valence-corrected chi connectivity index (χ4v) is 4.29. The molecule has 5 heteroatoms. The Morgan fingerprint density at radius 2 is 1.90 bits per heavy atom. The molecule has 3 fully saturated rings. The summed E-state index contributed by atoms with van der Waals surface area (Å²) in [6.07, 6.45) is 7.80. The van der Waals surface area contributed by atoms with Gasteiger partial charge in [-0.15, -0.1) is 0 Å². The number of ether oxygens (including phenoxy) is 1. The molecule has 0 aromatic rings. The summed E-state index contributed by atoms with van der Waals surface area (Å²) in [6, 6.07) is 0.679. The van der Waals surface area contributed by atoms with Gasteiger partial charge in [-0.1, -0.05) is 12.8 Å². The monoisotopic (exact) mass is 296 g/mol. The van der Waals surface area contributed by atoms with Crippen molar-refractivity contribution < 1.29 is 14.6 Å². The number of carbonyl (C=O) groups is 1. The fraction of sp³-hybridized carbons (Fsp3) is 0.938. The number of hydrogen-bond donors (Lipinski definition) is 1. The molecule has 1 aliphatic carbocycles. The first kappa shape index (κ1) is 15.3. The molecular formula is C16H28N2O3. The highest BCUT2D eigenvalue weighted by molar-refractivity contribution is 5.66. The lowest BCUT2D eigenvalue weighted by molar-refractivity contribution is -0.137. The number of piperazine rings is 1. The molecule has 1 spiro atoms. The van der Waals surface area contributed by atoms with Gasteiger partial charge in [0.15, 0.2) is 0 Å². The van der Waals surface area contributed by atoms with Crippen LogP contribution < -0.4 is 0 Å². The van der Waals surface area contributed by atoms with Gasteiger partial charge in [0.2, 0.25) is 0 Å². The number of hydrogen-bond acceptors (Lipinski definition) is 4. The lowest BCUT2D eigenvalue weighted by Crippen LogP contribution is -2.54. The molecular weight excluding hydrogens is 268 g/mol. The number of rotatable bonds is 4. The molecule has 1 atom stereocenters. The smallest absolute Gasteiger partial charge is 0.304 e. The van der Waals surface area contributed by atoms with Crippen LogP contribution in [0.25, 0.3) is 0 Å². The predicted octanol–water partition coefficient (Wildman–Crippen LogP) is 1.57. The summed E-state index contributed by atoms with van der Waals surface area (Å²) >= 11 is 0. The van der Waals surface area contributed by atoms with Crippen molar-refractivity contribution in [1.82, 2.24) is 9.80 Å². The summed E-state index contributed by atoms with van der Waals surface area (Å²) < 4.78 is 6.13. The Balaban J connectivity index is 1.46. The Morgan fingerprint density at radius 3 is 2.57 bits per heavy atom. The van der Waals surface area contributed by atoms with Crippen LogP contribution in [-0.4, -0.2) is 71.8 Å². The van der Waals surface area contributed by atoms with E-state index < -0.39 is 5.97 Å². The minimum atomic E-state index is -0.690. The molecule has 1 saturated carbocycles. The van der Waals surface area contributed by atoms with Crippen LogP contribution in [0.15, 0.2) is 0 Å². The largest absolute Gasteiger partial charge is 0.481 e. The molecule has 0 bridgehead atoms. The minimum absolute atomic E-state index is 0.198. The van der Waals surface area contributed by atoms with Gasteiger partial charge in [-0.05, 0) is 25.7 Å². The van der Waals surface area contributed by atoms with Gasteiger partial charge in [0.25, 0.3) is 0 Å². The van der Waals surface area contributed by atoms with Crippen molar-refractivity contribution in [1.29, 1.82) is 0 Å². The van der Waals surface area contributed by atoms with Gasteiger partial charge in [-0.3, -0.25) is 9.69 Å². The summed E-state index contributed by atoms with van der Waals surface area (Å²) in [7, 11) is 0. The summed E-state index contributed by atoms with van der Waals surface area (Å²) in [4.78, 5) is 15.6. The zero-order chi connectivity index (χ0) is 14.7. The molecule has 0 radical (unpaired) electrons. The molecule has 2 aliphatic heterocycles. The van der Waals surface area contributed by atoms with Crippen molar-refractivity contribution in [3.63, 3.8) is 0 Å². The Morgan fingerprint density at radius 1 is 1.19 bits per heavy atom. The van der Waals surface area contributed by atoms with Crippen LogP contribution in [0.3, 0.4) is 0 Å². The van der Waals surface area contributed by atoms with Gasteiger partial charge in [-0.2, -0.15) is 0 Å². The van der Waals surface area contributed by atoms with Gasteiger partial charge >= 0.3 is 5.97 Å². The molecule has 21 heavy (non-hydrogen) atoms. The van der Waals surface area contributed by atoms with Crippen LogP contribution in [0.5, 0.6) is 0 Å². The van der Waals surface area contributed by atoms with Crippen LogP contribution in [0, 0.1) is 0 Å². The van der Waals surface area contributed by atoms with Gasteiger partial charge in [0, 0.05) is 45.4 Å². The maximum absolute atomic E-state index is 10.6. The number of carboxylic acid groups (broad SMARTS) is 1. The highest BCUT2D eigenvalue weighted by Gasteiger charge is 2.41. The zero-order valence-electron chi connectivity index (χ0n) is 12.9. The van der Waals surface area contributed by atoms with E-state index in [1.807, 2.05) is 0 Å². The predicted molar refractivity (Wildman–Crippen MR) is 80.4 cm³/mol. The van der Waals surface area contributed by atoms with E-state index in [4.69, 9.17) is 9.84 Å². The standard InChI is InChI=1S/C16H28N2O3/c19-15(20)3-7-17-8-10-18(11-9-17)14-4-12-21-16(13-14)5-1-2-6-16/h14H,1-13H2,(H,19,20). The van der Waals surface area contributed by atoms with Gasteiger partial charge in [-0.25, -0.2) is 0 Å². The molecule has 2 saturated heterocycles. The van der Waals surface area contributed by atoms with E-state index >= 15 is 0 Å². The highest BCUT2D eigenvalue weighted by atomic mass is 16.5. The highest BCUT2D eigenvalue weighted by Crippen LogP contribution is 2.41. The van der Waals surface area contributed by atoms with Crippen molar-refractivity contribution in [2.75, 3.05) is 39.3 Å². The van der Waals surface area contributed by atoms with E-state index in [0.29, 0.717) is 12.6 Å². The SMILES string of the molecule is O=C(O)CCN1CCN(C2CCOC3(CCCC3)C2)CC1. The third-order valence-corrected chi connectivity index (χ3v) is 5.55. The molecule has 0 amide bonds. The fourth-order valence-electron chi connectivity index (χ4n) is 4.29. The van der Waals surface area contributed by atoms with Gasteiger partial charge in [0.05, 0.1) is 12.0 Å². The second kappa shape index (κ2) is 6.63. The van der Waals surface area contributed by atoms with Crippen LogP contribution in [0.2, 0.25) is 0 Å². The second-order valence-electron chi connectivity index (χ2n) is 6.91. The molecule has 1 N–H and O–H groups in total. The van der Waals surface area contributed by atoms with Crippen molar-refractivity contribution >= 4 is 5.97 Å². The second-order valence-corrected chi connectivity index (χ2v) is 6.91. The van der Waals surface area contributed by atoms with Crippen molar-refractivity contribution in [2.45, 2.75) is 56.6 Å². The first-order valence-corrected chi connectivity index (χ1v) is 8.49. The average molecular weight is 296 g/mol. The Labute approximate surface area is 127 Å². The number of nitrogens with zero attached hydrogens (tertiary/aromatic N) is 2. The Bertz CT molecular complexity index is 361. The van der Waals surface area contributed by atoms with Gasteiger partial charge in [0.1, 0.15) is 0 Å². The normalized spacial score (nSPS) is 30.8. The minimum Gasteiger partial charge on any atom is -0.481 e. The maximum Gasteiger partial charge on any atom is 0.304 e. The molecule has 3 aliphatic rings. The summed E-state index contributed by atoms with van der Waals surface area (Å²) in [6.45, 7) is 5.81. The third-order valence-electron chi connectivity index (χ3n) is 5.55. The quantitative estimate of drug-likeness (QED) is 0.853. The van der Waals surface area contributed by atoms with E-state index in [0.717, 1.165) is 39.2 Å². The molecule has 2 heterocycles. The van der Waals surface area contributed by atoms with E-state index in [1.165, 1.54) is 32.1 Å². The van der Waals surface area contributed by atoms with Crippen molar-refractivity contribution in [2.24, 2.45) is 0 Å². The third kappa shape index (κ3) is 3.76. The molecule has 1 unspecified atom stereocenters. The van der Waals surface area contributed by atoms with E-state index in [2.05, 4.69) is 9.80 Å². The molecule has 120 valence electrons. The Hall–Kier alpha value is -0.650. The summed E-state index contributed by atoms with van der Waals surface area (Å²) in [5, 5.41) is 8.77. The van der Waals surface area contributed by atoms with Crippen LogP contribution in [0.1, 0.15) is 44.9 Å². The van der Waals surface area contributed by atoms with Gasteiger partial charge < -0.3 is 14.7 Å². The van der Waals surface area contributed by atoms with E-state index in [9.17, 15) is 4.79 Å². The molecule has 0 aromatic heterocycles. The van der Waals surface area contributed by atoms with Crippen molar-refractivity contribution in [3.8, 4) is 0 Å². The Kier molecular flexibility index (Phi) is 4.82. The number of carboxylic acids is 1. The molecule has 0 aromatic carbocycles.